The first-order valence-corrected chi connectivity index (χ1v) is 12.6. The molecule has 1 aliphatic rings. The van der Waals surface area contributed by atoms with Crippen LogP contribution in [0.2, 0.25) is 0 Å². The molecule has 0 atom stereocenters. The number of carbonyl (C=O) groups is 1. The largest absolute Gasteiger partial charge is 0.300 e. The number of fused-ring (bicyclic) bond motifs is 1. The molecule has 0 bridgehead atoms. The zero-order valence-electron chi connectivity index (χ0n) is 19.4. The number of aromatic nitrogens is 5. The minimum atomic E-state index is -0.114. The van der Waals surface area contributed by atoms with Crippen molar-refractivity contribution >= 4 is 28.5 Å². The second kappa shape index (κ2) is 11.1. The summed E-state index contributed by atoms with van der Waals surface area (Å²) in [5, 5.41) is 21.5. The van der Waals surface area contributed by atoms with Gasteiger partial charge < -0.3 is 5.32 Å². The molecule has 176 valence electrons. The highest BCUT2D eigenvalue weighted by Gasteiger charge is 2.16. The maximum Gasteiger partial charge on any atom is 0.230 e. The third-order valence-corrected chi connectivity index (χ3v) is 6.76. The van der Waals surface area contributed by atoms with Crippen LogP contribution in [-0.4, -0.2) is 31.3 Å². The summed E-state index contributed by atoms with van der Waals surface area (Å²) in [6.07, 6.45) is 11.5. The molecule has 35 heavy (non-hydrogen) atoms. The Bertz CT molecular complexity index is 1320. The number of anilines is 1. The second-order valence-electron chi connectivity index (χ2n) is 8.67. The monoisotopic (exact) mass is 482 g/mol. The normalized spacial score (nSPS) is 12.3. The molecule has 7 nitrogen and oxygen atoms in total. The minimum absolute atomic E-state index is 0.114. The molecule has 1 N–H and O–H groups in total. The fraction of sp³-hybridized carbons (Fsp3) is 0.259. The Hall–Kier alpha value is -3.78. The van der Waals surface area contributed by atoms with Crippen LogP contribution in [0.1, 0.15) is 45.9 Å². The predicted molar refractivity (Wildman–Crippen MR) is 137 cm³/mol. The van der Waals surface area contributed by atoms with Gasteiger partial charge >= 0.3 is 0 Å². The van der Waals surface area contributed by atoms with Gasteiger partial charge in [-0.1, -0.05) is 59.4 Å². The predicted octanol–water partition coefficient (Wildman–Crippen LogP) is 4.65. The minimum Gasteiger partial charge on any atom is -0.300 e. The molecule has 0 radical (unpaired) electrons. The van der Waals surface area contributed by atoms with Gasteiger partial charge in [-0.05, 0) is 54.5 Å². The maximum atomic E-state index is 12.2. The maximum absolute atomic E-state index is 12.2. The Morgan fingerprint density at radius 3 is 2.66 bits per heavy atom. The van der Waals surface area contributed by atoms with E-state index >= 15 is 0 Å². The van der Waals surface area contributed by atoms with Crippen LogP contribution in [0.4, 0.5) is 5.13 Å². The lowest BCUT2D eigenvalue weighted by atomic mass is 10.0. The van der Waals surface area contributed by atoms with E-state index in [0.29, 0.717) is 5.13 Å². The molecule has 0 aliphatic heterocycles. The molecule has 0 fully saturated rings. The molecule has 0 saturated carbocycles. The fourth-order valence-electron chi connectivity index (χ4n) is 4.16. The van der Waals surface area contributed by atoms with E-state index in [9.17, 15) is 4.79 Å². The van der Waals surface area contributed by atoms with Crippen molar-refractivity contribution in [3.05, 3.63) is 99.6 Å². The van der Waals surface area contributed by atoms with Crippen LogP contribution >= 0.6 is 11.3 Å². The number of carbonyl (C=O) groups excluding carboxylic acids is 1. The number of hydrogen-bond acceptors (Lipinski definition) is 7. The van der Waals surface area contributed by atoms with Crippen molar-refractivity contribution in [1.82, 2.24) is 25.4 Å². The van der Waals surface area contributed by atoms with E-state index in [2.05, 4.69) is 67.1 Å². The van der Waals surface area contributed by atoms with Crippen LogP contribution < -0.4 is 5.32 Å². The van der Waals surface area contributed by atoms with Crippen LogP contribution in [0.15, 0.2) is 66.5 Å². The molecule has 3 heterocycles. The van der Waals surface area contributed by atoms with Gasteiger partial charge in [0.1, 0.15) is 5.01 Å². The van der Waals surface area contributed by atoms with Crippen LogP contribution in [0.3, 0.4) is 0 Å². The number of rotatable bonds is 10. The van der Waals surface area contributed by atoms with Crippen molar-refractivity contribution < 1.29 is 4.79 Å². The molecule has 4 aromatic rings. The van der Waals surface area contributed by atoms with Gasteiger partial charge in [-0.25, -0.2) is 0 Å². The van der Waals surface area contributed by atoms with Crippen LogP contribution in [0.25, 0.3) is 6.08 Å². The number of amides is 1. The van der Waals surface area contributed by atoms with Gasteiger partial charge in [0.2, 0.25) is 11.0 Å². The molecular weight excluding hydrogens is 456 g/mol. The van der Waals surface area contributed by atoms with Gasteiger partial charge in [0, 0.05) is 25.2 Å². The number of unbranched alkanes of at least 4 members (excludes halogenated alkanes) is 1. The third-order valence-electron chi connectivity index (χ3n) is 5.86. The zero-order valence-corrected chi connectivity index (χ0v) is 20.2. The van der Waals surface area contributed by atoms with Gasteiger partial charge in [0.05, 0.1) is 17.8 Å². The van der Waals surface area contributed by atoms with E-state index < -0.39 is 0 Å². The summed E-state index contributed by atoms with van der Waals surface area (Å²) in [6.45, 7) is 0. The van der Waals surface area contributed by atoms with E-state index in [-0.39, 0.29) is 12.3 Å². The average molecular weight is 483 g/mol. The Labute approximate surface area is 208 Å². The van der Waals surface area contributed by atoms with Crippen LogP contribution in [-0.2, 0) is 36.9 Å². The average Bonchev–Trinajstić information content (AvgIpc) is 3.48. The summed E-state index contributed by atoms with van der Waals surface area (Å²) in [7, 11) is 0. The summed E-state index contributed by atoms with van der Waals surface area (Å²) in [4.78, 5) is 16.2. The number of allylic oxidation sites excluding steroid dienone is 1. The Balaban J connectivity index is 1.06. The number of nitrogens with zero attached hydrogens (tertiary/aromatic N) is 5. The van der Waals surface area contributed by atoms with Crippen LogP contribution in [0.5, 0.6) is 0 Å². The zero-order chi connectivity index (χ0) is 23.9. The molecule has 8 heteroatoms. The first kappa shape index (κ1) is 23.0. The summed E-state index contributed by atoms with van der Waals surface area (Å²) in [5.74, 6) is -0.114. The van der Waals surface area contributed by atoms with E-state index in [4.69, 9.17) is 0 Å². The van der Waals surface area contributed by atoms with Gasteiger partial charge in [-0.15, -0.1) is 10.2 Å². The molecule has 0 spiro atoms. The Morgan fingerprint density at radius 1 is 0.943 bits per heavy atom. The first-order valence-electron chi connectivity index (χ1n) is 11.8. The van der Waals surface area contributed by atoms with Crippen molar-refractivity contribution in [1.29, 1.82) is 0 Å². The van der Waals surface area contributed by atoms with Crippen molar-refractivity contribution in [3.63, 3.8) is 0 Å². The molecule has 1 amide bonds. The third kappa shape index (κ3) is 6.42. The summed E-state index contributed by atoms with van der Waals surface area (Å²) in [5.41, 5.74) is 6.89. The highest BCUT2D eigenvalue weighted by molar-refractivity contribution is 7.15. The summed E-state index contributed by atoms with van der Waals surface area (Å²) in [6, 6.07) is 16.4. The lowest BCUT2D eigenvalue weighted by Gasteiger charge is -2.03. The Kier molecular flexibility index (Phi) is 7.29. The molecular formula is C27H26N6OS. The molecule has 3 aromatic heterocycles. The quantitative estimate of drug-likeness (QED) is 0.331. The van der Waals surface area contributed by atoms with Gasteiger partial charge in [0.25, 0.3) is 0 Å². The van der Waals surface area contributed by atoms with Gasteiger partial charge in [-0.3, -0.25) is 9.78 Å². The van der Waals surface area contributed by atoms with Crippen molar-refractivity contribution in [2.45, 2.75) is 44.9 Å². The molecule has 0 unspecified atom stereocenters. The highest BCUT2D eigenvalue weighted by atomic mass is 32.1. The van der Waals surface area contributed by atoms with E-state index in [1.165, 1.54) is 28.0 Å². The number of aryl methyl sites for hydroxylation is 2. The molecule has 5 rings (SSSR count). The van der Waals surface area contributed by atoms with E-state index in [1.807, 2.05) is 18.2 Å². The standard InChI is InChI=1S/C27H26N6OS/c34-25(16-20-9-6-12-28-18-20)29-27-33-32-26(35-27)11-5-4-10-23-17-22-14-21(15-24(22)31-30-23)13-19-7-2-1-3-8-19/h1-3,6-9,12,14,17-18H,4-5,10-11,13,15-16H2,(H,29,33,34). The Morgan fingerprint density at radius 2 is 1.80 bits per heavy atom. The smallest absolute Gasteiger partial charge is 0.230 e. The fourth-order valence-corrected chi connectivity index (χ4v) is 4.95. The summed E-state index contributed by atoms with van der Waals surface area (Å²) < 4.78 is 0. The topological polar surface area (TPSA) is 93.6 Å². The molecule has 1 aromatic carbocycles. The SMILES string of the molecule is O=C(Cc1cccnc1)Nc1nnc(CCCCc2cc3c(nn2)CC(Cc2ccccc2)=C3)s1. The van der Waals surface area contributed by atoms with Gasteiger partial charge in [-0.2, -0.15) is 10.2 Å². The number of pyridine rings is 1. The van der Waals surface area contributed by atoms with E-state index in [0.717, 1.165) is 60.5 Å². The molecule has 1 aliphatic carbocycles. The second-order valence-corrected chi connectivity index (χ2v) is 9.74. The van der Waals surface area contributed by atoms with Crippen LogP contribution in [0, 0.1) is 0 Å². The highest BCUT2D eigenvalue weighted by Crippen LogP contribution is 2.26. The van der Waals surface area contributed by atoms with E-state index in [1.54, 1.807) is 12.4 Å². The number of hydrogen-bond donors (Lipinski definition) is 1. The van der Waals surface area contributed by atoms with Crippen molar-refractivity contribution in [2.75, 3.05) is 5.32 Å². The number of benzene rings is 1. The van der Waals surface area contributed by atoms with Crippen molar-refractivity contribution in [3.8, 4) is 0 Å². The summed E-state index contributed by atoms with van der Waals surface area (Å²) >= 11 is 1.43. The first-order chi connectivity index (χ1) is 17.2. The lowest BCUT2D eigenvalue weighted by molar-refractivity contribution is -0.115. The molecule has 0 saturated heterocycles. The van der Waals surface area contributed by atoms with Crippen molar-refractivity contribution in [2.24, 2.45) is 0 Å². The lowest BCUT2D eigenvalue weighted by Crippen LogP contribution is -2.14. The van der Waals surface area contributed by atoms with Gasteiger partial charge in [0.15, 0.2) is 0 Å². The number of nitrogens with one attached hydrogen (secondary N) is 1.